The van der Waals surface area contributed by atoms with Gasteiger partial charge in [-0.3, -0.25) is 9.59 Å². The van der Waals surface area contributed by atoms with Crippen LogP contribution in [0.1, 0.15) is 68.3 Å². The summed E-state index contributed by atoms with van der Waals surface area (Å²) in [6, 6.07) is 3.80. The number of hydrogen-bond donors (Lipinski definition) is 1. The predicted octanol–water partition coefficient (Wildman–Crippen LogP) is 3.36. The zero-order valence-electron chi connectivity index (χ0n) is 14.3. The first kappa shape index (κ1) is 17.1. The van der Waals surface area contributed by atoms with Gasteiger partial charge in [0.15, 0.2) is 5.76 Å². The van der Waals surface area contributed by atoms with E-state index >= 15 is 0 Å². The molecule has 1 aromatic rings. The van der Waals surface area contributed by atoms with Crippen LogP contribution in [0.2, 0.25) is 0 Å². The smallest absolute Gasteiger partial charge is 0.286 e. The molecule has 1 aliphatic carbocycles. The summed E-state index contributed by atoms with van der Waals surface area (Å²) in [5.41, 5.74) is 0. The van der Waals surface area contributed by atoms with Gasteiger partial charge in [0.25, 0.3) is 5.91 Å². The molecule has 0 bridgehead atoms. The van der Waals surface area contributed by atoms with Crippen LogP contribution < -0.4 is 5.32 Å². The van der Waals surface area contributed by atoms with Crippen molar-refractivity contribution in [2.24, 2.45) is 5.92 Å². The number of carbonyl (C=O) groups is 2. The molecule has 1 saturated carbocycles. The van der Waals surface area contributed by atoms with Crippen molar-refractivity contribution >= 4 is 11.8 Å². The van der Waals surface area contributed by atoms with Crippen LogP contribution in [0.3, 0.4) is 0 Å². The fourth-order valence-corrected chi connectivity index (χ4v) is 4.19. The highest BCUT2D eigenvalue weighted by Crippen LogP contribution is 2.34. The lowest BCUT2D eigenvalue weighted by atomic mass is 9.83. The largest absolute Gasteiger partial charge is 0.459 e. The Morgan fingerprint density at radius 3 is 2.75 bits per heavy atom. The quantitative estimate of drug-likeness (QED) is 0.813. The molecule has 5 nitrogen and oxygen atoms in total. The lowest BCUT2D eigenvalue weighted by molar-refractivity contribution is -0.133. The van der Waals surface area contributed by atoms with Crippen LogP contribution in [-0.4, -0.2) is 35.8 Å². The molecular weight excluding hydrogens is 304 g/mol. The molecule has 24 heavy (non-hydrogen) atoms. The first-order valence-corrected chi connectivity index (χ1v) is 9.37. The van der Waals surface area contributed by atoms with Crippen molar-refractivity contribution < 1.29 is 14.0 Å². The summed E-state index contributed by atoms with van der Waals surface area (Å²) in [6.07, 6.45) is 11.6. The standard InChI is InChI=1S/C19H28N2O3/c22-18(11-4-12-20-19(23)17-10-6-14-24-17)21-13-5-9-16(21)15-7-2-1-3-8-15/h6,10,14-16H,1-5,7-9,11-13H2,(H,20,23). The molecule has 1 saturated heterocycles. The van der Waals surface area contributed by atoms with Crippen LogP contribution in [0.5, 0.6) is 0 Å². The Kier molecular flexibility index (Phi) is 5.94. The minimum absolute atomic E-state index is 0.214. The van der Waals surface area contributed by atoms with Crippen molar-refractivity contribution in [3.8, 4) is 0 Å². The van der Waals surface area contributed by atoms with E-state index in [4.69, 9.17) is 4.42 Å². The van der Waals surface area contributed by atoms with Crippen LogP contribution in [0.4, 0.5) is 0 Å². The lowest BCUT2D eigenvalue weighted by Crippen LogP contribution is -2.41. The maximum atomic E-state index is 12.6. The van der Waals surface area contributed by atoms with Gasteiger partial charge in [-0.05, 0) is 50.2 Å². The Labute approximate surface area is 143 Å². The van der Waals surface area contributed by atoms with E-state index in [0.717, 1.165) is 13.0 Å². The summed E-state index contributed by atoms with van der Waals surface area (Å²) in [4.78, 5) is 26.5. The van der Waals surface area contributed by atoms with E-state index in [-0.39, 0.29) is 11.8 Å². The predicted molar refractivity (Wildman–Crippen MR) is 91.6 cm³/mol. The third-order valence-electron chi connectivity index (χ3n) is 5.41. The van der Waals surface area contributed by atoms with Crippen LogP contribution in [0.25, 0.3) is 0 Å². The number of furan rings is 1. The molecule has 2 amide bonds. The molecule has 1 aliphatic heterocycles. The van der Waals surface area contributed by atoms with Gasteiger partial charge in [-0.1, -0.05) is 19.3 Å². The van der Waals surface area contributed by atoms with Gasteiger partial charge in [0.2, 0.25) is 5.91 Å². The molecule has 0 aromatic carbocycles. The number of likely N-dealkylation sites (tertiary alicyclic amines) is 1. The molecule has 2 fully saturated rings. The summed E-state index contributed by atoms with van der Waals surface area (Å²) in [5, 5.41) is 2.80. The van der Waals surface area contributed by atoms with E-state index in [1.54, 1.807) is 12.1 Å². The van der Waals surface area contributed by atoms with Crippen LogP contribution in [0, 0.1) is 5.92 Å². The second-order valence-electron chi connectivity index (χ2n) is 7.03. The Morgan fingerprint density at radius 1 is 1.17 bits per heavy atom. The maximum absolute atomic E-state index is 12.6. The third-order valence-corrected chi connectivity index (χ3v) is 5.41. The molecule has 1 N–H and O–H groups in total. The normalized spacial score (nSPS) is 21.8. The average molecular weight is 332 g/mol. The molecule has 1 atom stereocenters. The Balaban J connectivity index is 1.40. The topological polar surface area (TPSA) is 62.6 Å². The van der Waals surface area contributed by atoms with Gasteiger partial charge in [0.05, 0.1) is 6.26 Å². The lowest BCUT2D eigenvalue weighted by Gasteiger charge is -2.34. The zero-order chi connectivity index (χ0) is 16.8. The Hall–Kier alpha value is -1.78. The summed E-state index contributed by atoms with van der Waals surface area (Å²) < 4.78 is 5.05. The first-order valence-electron chi connectivity index (χ1n) is 9.37. The van der Waals surface area contributed by atoms with Gasteiger partial charge in [-0.15, -0.1) is 0 Å². The van der Waals surface area contributed by atoms with Gasteiger partial charge in [0.1, 0.15) is 0 Å². The molecule has 0 radical (unpaired) electrons. The maximum Gasteiger partial charge on any atom is 0.286 e. The monoisotopic (exact) mass is 332 g/mol. The fraction of sp³-hybridized carbons (Fsp3) is 0.684. The SMILES string of the molecule is O=C(NCCCC(=O)N1CCCC1C1CCCCC1)c1ccco1. The number of hydrogen-bond acceptors (Lipinski definition) is 3. The highest BCUT2D eigenvalue weighted by molar-refractivity contribution is 5.91. The molecule has 1 aromatic heterocycles. The molecule has 5 heteroatoms. The minimum Gasteiger partial charge on any atom is -0.459 e. The number of carbonyl (C=O) groups excluding carboxylic acids is 2. The summed E-state index contributed by atoms with van der Waals surface area (Å²) in [6.45, 7) is 1.42. The van der Waals surface area contributed by atoms with Crippen molar-refractivity contribution in [1.82, 2.24) is 10.2 Å². The van der Waals surface area contributed by atoms with Gasteiger partial charge in [-0.2, -0.15) is 0 Å². The van der Waals surface area contributed by atoms with Crippen molar-refractivity contribution in [3.63, 3.8) is 0 Å². The van der Waals surface area contributed by atoms with Gasteiger partial charge in [-0.25, -0.2) is 0 Å². The summed E-state index contributed by atoms with van der Waals surface area (Å²) in [5.74, 6) is 1.08. The molecule has 2 aliphatic rings. The Bertz CT molecular complexity index is 535. The van der Waals surface area contributed by atoms with Crippen molar-refractivity contribution in [1.29, 1.82) is 0 Å². The summed E-state index contributed by atoms with van der Waals surface area (Å²) in [7, 11) is 0. The van der Waals surface area contributed by atoms with E-state index in [2.05, 4.69) is 10.2 Å². The summed E-state index contributed by atoms with van der Waals surface area (Å²) >= 11 is 0. The van der Waals surface area contributed by atoms with Crippen molar-refractivity contribution in [2.45, 2.75) is 63.8 Å². The fourth-order valence-electron chi connectivity index (χ4n) is 4.19. The molecule has 3 rings (SSSR count). The van der Waals surface area contributed by atoms with E-state index in [1.807, 2.05) is 0 Å². The van der Waals surface area contributed by atoms with Crippen LogP contribution >= 0.6 is 0 Å². The highest BCUT2D eigenvalue weighted by atomic mass is 16.3. The second-order valence-corrected chi connectivity index (χ2v) is 7.03. The third kappa shape index (κ3) is 4.19. The highest BCUT2D eigenvalue weighted by Gasteiger charge is 2.34. The number of nitrogens with zero attached hydrogens (tertiary/aromatic N) is 1. The minimum atomic E-state index is -0.214. The molecule has 2 heterocycles. The average Bonchev–Trinajstić information content (AvgIpc) is 3.30. The van der Waals surface area contributed by atoms with Crippen molar-refractivity contribution in [3.05, 3.63) is 24.2 Å². The molecule has 1 unspecified atom stereocenters. The van der Waals surface area contributed by atoms with E-state index in [0.29, 0.717) is 37.1 Å². The van der Waals surface area contributed by atoms with Gasteiger partial charge >= 0.3 is 0 Å². The van der Waals surface area contributed by atoms with E-state index < -0.39 is 0 Å². The van der Waals surface area contributed by atoms with E-state index in [9.17, 15) is 9.59 Å². The van der Waals surface area contributed by atoms with Crippen molar-refractivity contribution in [2.75, 3.05) is 13.1 Å². The Morgan fingerprint density at radius 2 is 2.00 bits per heavy atom. The van der Waals surface area contributed by atoms with Crippen LogP contribution in [-0.2, 0) is 4.79 Å². The second kappa shape index (κ2) is 8.36. The van der Waals surface area contributed by atoms with Gasteiger partial charge < -0.3 is 14.6 Å². The number of amides is 2. The number of nitrogens with one attached hydrogen (secondary N) is 1. The van der Waals surface area contributed by atoms with Gasteiger partial charge in [0, 0.05) is 25.6 Å². The van der Waals surface area contributed by atoms with E-state index in [1.165, 1.54) is 44.8 Å². The first-order chi connectivity index (χ1) is 11.8. The molecular formula is C19H28N2O3. The molecule has 132 valence electrons. The number of rotatable bonds is 6. The molecule has 0 spiro atoms. The van der Waals surface area contributed by atoms with Crippen LogP contribution in [0.15, 0.2) is 22.8 Å². The zero-order valence-corrected chi connectivity index (χ0v) is 14.3.